The van der Waals surface area contributed by atoms with Gasteiger partial charge in [0.05, 0.1) is 26.5 Å². The molecule has 0 radical (unpaired) electrons. The molecule has 2 amide bonds. The van der Waals surface area contributed by atoms with Gasteiger partial charge in [0.15, 0.2) is 0 Å². The maximum atomic E-state index is 13.5. The molecule has 0 bridgehead atoms. The van der Waals surface area contributed by atoms with Crippen molar-refractivity contribution in [2.45, 2.75) is 31.9 Å². The maximum absolute atomic E-state index is 13.5. The number of hydrogen-bond donors (Lipinski definition) is 2. The topological polar surface area (TPSA) is 99.0 Å². The van der Waals surface area contributed by atoms with E-state index < -0.39 is 17.4 Å². The summed E-state index contributed by atoms with van der Waals surface area (Å²) >= 11 is 0. The van der Waals surface area contributed by atoms with Crippen LogP contribution in [0.5, 0.6) is 17.2 Å². The molecule has 2 aromatic carbocycles. The highest BCUT2D eigenvalue weighted by Crippen LogP contribution is 2.41. The second kappa shape index (κ2) is 9.97. The van der Waals surface area contributed by atoms with E-state index in [2.05, 4.69) is 10.6 Å². The third-order valence-electron chi connectivity index (χ3n) is 5.65. The molecule has 2 N–H and O–H groups in total. The predicted octanol–water partition coefficient (Wildman–Crippen LogP) is 4.49. The molecule has 3 aromatic rings. The molecule has 0 aliphatic carbocycles. The Morgan fingerprint density at radius 1 is 1.03 bits per heavy atom. The van der Waals surface area contributed by atoms with Crippen molar-refractivity contribution in [1.82, 2.24) is 10.6 Å². The minimum absolute atomic E-state index is 0.0505. The van der Waals surface area contributed by atoms with Gasteiger partial charge in [-0.05, 0) is 68.4 Å². The number of methoxy groups -OCH3 is 2. The van der Waals surface area contributed by atoms with E-state index in [-0.39, 0.29) is 11.7 Å². The van der Waals surface area contributed by atoms with Gasteiger partial charge in [0, 0.05) is 23.6 Å². The summed E-state index contributed by atoms with van der Waals surface area (Å²) in [5, 5.41) is 5.77. The lowest BCUT2D eigenvalue weighted by atomic mass is 9.89. The van der Waals surface area contributed by atoms with E-state index in [1.165, 1.54) is 12.3 Å². The van der Waals surface area contributed by atoms with Crippen molar-refractivity contribution in [2.75, 3.05) is 14.2 Å². The Kier molecular flexibility index (Phi) is 6.82. The first kappa shape index (κ1) is 23.9. The number of rotatable bonds is 7. The van der Waals surface area contributed by atoms with Gasteiger partial charge in [-0.25, -0.2) is 0 Å². The molecule has 4 rings (SSSR count). The van der Waals surface area contributed by atoms with E-state index in [1.807, 2.05) is 32.0 Å². The van der Waals surface area contributed by atoms with E-state index >= 15 is 0 Å². The van der Waals surface area contributed by atoms with Crippen molar-refractivity contribution in [3.63, 3.8) is 0 Å². The van der Waals surface area contributed by atoms with Gasteiger partial charge in [-0.15, -0.1) is 0 Å². The number of carbonyl (C=O) groups excluding carboxylic acids is 2. The summed E-state index contributed by atoms with van der Waals surface area (Å²) in [6.45, 7) is 3.93. The number of fused-ring (bicyclic) bond motifs is 1. The van der Waals surface area contributed by atoms with Crippen molar-refractivity contribution in [2.24, 2.45) is 0 Å². The van der Waals surface area contributed by atoms with E-state index in [1.54, 1.807) is 50.6 Å². The van der Waals surface area contributed by atoms with Gasteiger partial charge < -0.3 is 29.3 Å². The molecule has 0 fully saturated rings. The summed E-state index contributed by atoms with van der Waals surface area (Å²) in [4.78, 5) is 26.4. The normalized spacial score (nSPS) is 16.5. The molecule has 1 aromatic heterocycles. The molecule has 0 saturated heterocycles. The van der Waals surface area contributed by atoms with Crippen LogP contribution in [0.15, 0.2) is 71.0 Å². The lowest BCUT2D eigenvalue weighted by Crippen LogP contribution is -2.43. The molecule has 1 aliphatic heterocycles. The van der Waals surface area contributed by atoms with E-state index in [0.29, 0.717) is 35.0 Å². The highest BCUT2D eigenvalue weighted by molar-refractivity contribution is 6.05. The quantitative estimate of drug-likeness (QED) is 0.488. The van der Waals surface area contributed by atoms with Crippen LogP contribution in [0.1, 0.15) is 48.0 Å². The first-order valence-corrected chi connectivity index (χ1v) is 11.2. The van der Waals surface area contributed by atoms with Crippen LogP contribution in [-0.2, 0) is 4.79 Å². The zero-order valence-electron chi connectivity index (χ0n) is 20.1. The van der Waals surface area contributed by atoms with Gasteiger partial charge in [0.25, 0.3) is 11.8 Å². The van der Waals surface area contributed by atoms with Gasteiger partial charge in [-0.1, -0.05) is 0 Å². The summed E-state index contributed by atoms with van der Waals surface area (Å²) in [6, 6.07) is 15.1. The van der Waals surface area contributed by atoms with Crippen LogP contribution < -0.4 is 24.8 Å². The van der Waals surface area contributed by atoms with Gasteiger partial charge >= 0.3 is 0 Å². The molecule has 8 heteroatoms. The minimum Gasteiger partial charge on any atom is -0.497 e. The second-order valence-electron chi connectivity index (χ2n) is 8.75. The zero-order valence-corrected chi connectivity index (χ0v) is 20.1. The molecule has 1 atom stereocenters. The van der Waals surface area contributed by atoms with Gasteiger partial charge in [-0.3, -0.25) is 9.59 Å². The van der Waals surface area contributed by atoms with E-state index in [4.69, 9.17) is 18.6 Å². The predicted molar refractivity (Wildman–Crippen MR) is 130 cm³/mol. The standard InChI is InChI=1S/C27H28N2O6/c1-27(2)16-23(21-14-19(33-4)11-12-24(21)35-27)29-26(31)22(15-20-6-5-13-34-20)28-25(30)17-7-9-18(32-3)10-8-17/h5-15,23H,16H2,1-4H3,(H,28,30)(H,29,31)/b22-15-. The summed E-state index contributed by atoms with van der Waals surface area (Å²) < 4.78 is 22.0. The van der Waals surface area contributed by atoms with Gasteiger partial charge in [0.2, 0.25) is 0 Å². The van der Waals surface area contributed by atoms with Gasteiger partial charge in [-0.2, -0.15) is 0 Å². The Bertz CT molecular complexity index is 1230. The van der Waals surface area contributed by atoms with Crippen molar-refractivity contribution >= 4 is 17.9 Å². The van der Waals surface area contributed by atoms with Crippen molar-refractivity contribution in [1.29, 1.82) is 0 Å². The highest BCUT2D eigenvalue weighted by Gasteiger charge is 2.35. The zero-order chi connectivity index (χ0) is 25.0. The highest BCUT2D eigenvalue weighted by atomic mass is 16.5. The molecule has 0 saturated carbocycles. The Labute approximate surface area is 203 Å². The van der Waals surface area contributed by atoms with Crippen molar-refractivity contribution in [3.05, 3.63) is 83.4 Å². The first-order chi connectivity index (χ1) is 16.8. The molecule has 0 spiro atoms. The average Bonchev–Trinajstić information content (AvgIpc) is 3.36. The Morgan fingerprint density at radius 3 is 2.40 bits per heavy atom. The maximum Gasteiger partial charge on any atom is 0.268 e. The molecule has 1 aliphatic rings. The fourth-order valence-electron chi connectivity index (χ4n) is 3.94. The summed E-state index contributed by atoms with van der Waals surface area (Å²) in [6.07, 6.45) is 3.52. The number of nitrogens with one attached hydrogen (secondary N) is 2. The lowest BCUT2D eigenvalue weighted by Gasteiger charge is -2.38. The van der Waals surface area contributed by atoms with E-state index in [0.717, 1.165) is 5.56 Å². The third-order valence-corrected chi connectivity index (χ3v) is 5.65. The molecule has 8 nitrogen and oxygen atoms in total. The number of furan rings is 1. The first-order valence-electron chi connectivity index (χ1n) is 11.2. The number of amides is 2. The van der Waals surface area contributed by atoms with Gasteiger partial charge in [0.1, 0.15) is 34.3 Å². The number of benzene rings is 2. The third kappa shape index (κ3) is 5.66. The van der Waals surface area contributed by atoms with Crippen LogP contribution in [0.4, 0.5) is 0 Å². The average molecular weight is 477 g/mol. The molecule has 35 heavy (non-hydrogen) atoms. The van der Waals surface area contributed by atoms with Crippen LogP contribution in [0.25, 0.3) is 6.08 Å². The Morgan fingerprint density at radius 2 is 1.74 bits per heavy atom. The largest absolute Gasteiger partial charge is 0.497 e. The van der Waals surface area contributed by atoms with Crippen LogP contribution >= 0.6 is 0 Å². The summed E-state index contributed by atoms with van der Waals surface area (Å²) in [5.74, 6) is 1.49. The SMILES string of the molecule is COc1ccc(C(=O)N/C(=C\c2ccco2)C(=O)NC2CC(C)(C)Oc3ccc(OC)cc32)cc1. The second-order valence-corrected chi connectivity index (χ2v) is 8.75. The van der Waals surface area contributed by atoms with Crippen molar-refractivity contribution in [3.8, 4) is 17.2 Å². The number of hydrogen-bond acceptors (Lipinski definition) is 6. The van der Waals surface area contributed by atoms with Crippen LogP contribution in [-0.4, -0.2) is 31.6 Å². The van der Waals surface area contributed by atoms with Crippen LogP contribution in [0, 0.1) is 0 Å². The fraction of sp³-hybridized carbons (Fsp3) is 0.259. The Hall–Kier alpha value is -4.20. The minimum atomic E-state index is -0.503. The summed E-state index contributed by atoms with van der Waals surface area (Å²) in [5.41, 5.74) is 0.730. The lowest BCUT2D eigenvalue weighted by molar-refractivity contribution is -0.119. The monoisotopic (exact) mass is 476 g/mol. The molecule has 182 valence electrons. The number of ether oxygens (including phenoxy) is 3. The Balaban J connectivity index is 1.61. The summed E-state index contributed by atoms with van der Waals surface area (Å²) in [7, 11) is 3.14. The molecular weight excluding hydrogens is 448 g/mol. The molecule has 1 unspecified atom stereocenters. The fourth-order valence-corrected chi connectivity index (χ4v) is 3.94. The van der Waals surface area contributed by atoms with E-state index in [9.17, 15) is 9.59 Å². The van der Waals surface area contributed by atoms with Crippen LogP contribution in [0.3, 0.4) is 0 Å². The number of carbonyl (C=O) groups is 2. The molecular formula is C27H28N2O6. The molecule has 2 heterocycles. The smallest absolute Gasteiger partial charge is 0.268 e. The van der Waals surface area contributed by atoms with Crippen molar-refractivity contribution < 1.29 is 28.2 Å². The van der Waals surface area contributed by atoms with Crippen LogP contribution in [0.2, 0.25) is 0 Å².